The number of nitrogens with zero attached hydrogens (tertiary/aromatic N) is 4. The van der Waals surface area contributed by atoms with E-state index in [0.717, 1.165) is 62.5 Å². The van der Waals surface area contributed by atoms with Gasteiger partial charge in [0.05, 0.1) is 12.2 Å². The number of ether oxygens (including phenoxy) is 1. The quantitative estimate of drug-likeness (QED) is 0.748. The Bertz CT molecular complexity index is 780. The van der Waals surface area contributed by atoms with Gasteiger partial charge in [0.25, 0.3) is 5.91 Å². The van der Waals surface area contributed by atoms with Crippen molar-refractivity contribution in [1.29, 1.82) is 0 Å². The van der Waals surface area contributed by atoms with Gasteiger partial charge in [-0.3, -0.25) is 4.79 Å². The summed E-state index contributed by atoms with van der Waals surface area (Å²) >= 11 is 0. The van der Waals surface area contributed by atoms with Crippen molar-refractivity contribution in [3.8, 4) is 0 Å². The van der Waals surface area contributed by atoms with Gasteiger partial charge in [-0.15, -0.1) is 0 Å². The maximum Gasteiger partial charge on any atom is 0.276 e. The second kappa shape index (κ2) is 7.19. The second-order valence-corrected chi connectivity index (χ2v) is 7.27. The van der Waals surface area contributed by atoms with Crippen molar-refractivity contribution in [2.45, 2.75) is 51.6 Å². The maximum absolute atomic E-state index is 12.8. The first-order chi connectivity index (χ1) is 12.7. The average molecular weight is 360 g/mol. The molecule has 1 aliphatic heterocycles. The minimum Gasteiger partial charge on any atom is -0.380 e. The number of likely N-dealkylation sites (tertiary alicyclic amines) is 1. The zero-order valence-electron chi connectivity index (χ0n) is 15.2. The number of rotatable bonds is 7. The van der Waals surface area contributed by atoms with E-state index in [2.05, 4.69) is 15.3 Å². The summed E-state index contributed by atoms with van der Waals surface area (Å²) in [5, 5.41) is 8.02. The van der Waals surface area contributed by atoms with Crippen molar-refractivity contribution in [2.24, 2.45) is 5.92 Å². The molecule has 0 radical (unpaired) electrons. The van der Waals surface area contributed by atoms with Crippen LogP contribution in [0.3, 0.4) is 0 Å². The molecule has 0 N–H and O–H groups in total. The highest BCUT2D eigenvalue weighted by Crippen LogP contribution is 2.39. The van der Waals surface area contributed by atoms with Crippen LogP contribution < -0.4 is 0 Å². The average Bonchev–Trinajstić information content (AvgIpc) is 3.06. The Labute approximate surface area is 151 Å². The first kappa shape index (κ1) is 17.2. The largest absolute Gasteiger partial charge is 0.380 e. The molecule has 2 fully saturated rings. The van der Waals surface area contributed by atoms with Crippen LogP contribution in [-0.4, -0.2) is 46.3 Å². The molecular formula is C18H24N4O4. The van der Waals surface area contributed by atoms with Crippen molar-refractivity contribution in [2.75, 3.05) is 20.2 Å². The molecule has 1 amide bonds. The summed E-state index contributed by atoms with van der Waals surface area (Å²) in [6, 6.07) is 0. The predicted octanol–water partition coefficient (Wildman–Crippen LogP) is 2.48. The molecule has 8 nitrogen and oxygen atoms in total. The number of hydrogen-bond donors (Lipinski definition) is 0. The van der Waals surface area contributed by atoms with Gasteiger partial charge in [-0.1, -0.05) is 10.3 Å². The van der Waals surface area contributed by atoms with Gasteiger partial charge in [-0.05, 0) is 38.5 Å². The number of aryl methyl sites for hydroxylation is 2. The summed E-state index contributed by atoms with van der Waals surface area (Å²) in [6.45, 7) is 3.59. The fourth-order valence-electron chi connectivity index (χ4n) is 3.47. The number of hydrogen-bond acceptors (Lipinski definition) is 7. The van der Waals surface area contributed by atoms with Crippen LogP contribution in [0.5, 0.6) is 0 Å². The van der Waals surface area contributed by atoms with Gasteiger partial charge >= 0.3 is 0 Å². The molecule has 2 aromatic heterocycles. The second-order valence-electron chi connectivity index (χ2n) is 7.27. The third kappa shape index (κ3) is 3.51. The van der Waals surface area contributed by atoms with Crippen LogP contribution in [0.4, 0.5) is 0 Å². The van der Waals surface area contributed by atoms with Gasteiger partial charge in [0.1, 0.15) is 5.76 Å². The summed E-state index contributed by atoms with van der Waals surface area (Å²) in [4.78, 5) is 19.1. The molecule has 26 heavy (non-hydrogen) atoms. The first-order valence-electron chi connectivity index (χ1n) is 9.21. The zero-order valence-corrected chi connectivity index (χ0v) is 15.2. The Morgan fingerprint density at radius 1 is 1.27 bits per heavy atom. The number of carbonyl (C=O) groups excluding carboxylic acids is 1. The number of amides is 1. The Kier molecular flexibility index (Phi) is 4.76. The Balaban J connectivity index is 1.32. The molecule has 1 saturated carbocycles. The van der Waals surface area contributed by atoms with Gasteiger partial charge < -0.3 is 18.7 Å². The molecule has 0 aromatic carbocycles. The van der Waals surface area contributed by atoms with Crippen molar-refractivity contribution in [1.82, 2.24) is 20.2 Å². The fraction of sp³-hybridized carbons (Fsp3) is 0.667. The Morgan fingerprint density at radius 3 is 2.88 bits per heavy atom. The smallest absolute Gasteiger partial charge is 0.276 e. The molecule has 0 bridgehead atoms. The molecule has 4 rings (SSSR count). The summed E-state index contributed by atoms with van der Waals surface area (Å²) in [5.74, 6) is 3.06. The molecule has 1 saturated heterocycles. The topological polar surface area (TPSA) is 94.5 Å². The third-order valence-electron chi connectivity index (χ3n) is 5.24. The van der Waals surface area contributed by atoms with Crippen LogP contribution in [0.1, 0.15) is 65.1 Å². The first-order valence-corrected chi connectivity index (χ1v) is 9.21. The monoisotopic (exact) mass is 360 g/mol. The van der Waals surface area contributed by atoms with E-state index in [4.69, 9.17) is 13.8 Å². The molecule has 2 aliphatic rings. The van der Waals surface area contributed by atoms with E-state index in [1.54, 1.807) is 14.0 Å². The standard InChI is InChI=1S/C18H24N4O4/c1-11-14(10-24-2)16(21-25-11)18(23)22-8-7-12(9-22)3-6-15-19-17(26-20-15)13-4-5-13/h12-13H,3-10H2,1-2H3. The van der Waals surface area contributed by atoms with E-state index in [1.165, 1.54) is 0 Å². The van der Waals surface area contributed by atoms with E-state index in [1.807, 2.05) is 4.90 Å². The molecule has 3 heterocycles. The van der Waals surface area contributed by atoms with Crippen LogP contribution in [0, 0.1) is 12.8 Å². The lowest BCUT2D eigenvalue weighted by molar-refractivity contribution is 0.0772. The molecule has 0 spiro atoms. The molecule has 1 aliphatic carbocycles. The fourth-order valence-corrected chi connectivity index (χ4v) is 3.47. The summed E-state index contributed by atoms with van der Waals surface area (Å²) in [6.07, 6.45) is 5.05. The van der Waals surface area contributed by atoms with E-state index >= 15 is 0 Å². The maximum atomic E-state index is 12.8. The molecule has 8 heteroatoms. The SMILES string of the molecule is COCc1c(C(=O)N2CCC(CCc3noc(C4CC4)n3)C2)noc1C. The van der Waals surface area contributed by atoms with Crippen molar-refractivity contribution >= 4 is 5.91 Å². The van der Waals surface area contributed by atoms with E-state index in [9.17, 15) is 4.79 Å². The van der Waals surface area contributed by atoms with Crippen molar-refractivity contribution in [3.63, 3.8) is 0 Å². The van der Waals surface area contributed by atoms with Crippen molar-refractivity contribution in [3.05, 3.63) is 28.7 Å². The normalized spacial score (nSPS) is 20.1. The number of methoxy groups -OCH3 is 1. The Morgan fingerprint density at radius 2 is 2.12 bits per heavy atom. The van der Waals surface area contributed by atoms with E-state index in [-0.39, 0.29) is 5.91 Å². The summed E-state index contributed by atoms with van der Waals surface area (Å²) < 4.78 is 15.6. The van der Waals surface area contributed by atoms with E-state index in [0.29, 0.717) is 29.9 Å². The van der Waals surface area contributed by atoms with Crippen LogP contribution in [0.25, 0.3) is 0 Å². The van der Waals surface area contributed by atoms with Gasteiger partial charge in [-0.25, -0.2) is 0 Å². The highest BCUT2D eigenvalue weighted by molar-refractivity contribution is 5.94. The highest BCUT2D eigenvalue weighted by Gasteiger charge is 2.32. The third-order valence-corrected chi connectivity index (χ3v) is 5.24. The van der Waals surface area contributed by atoms with Crippen LogP contribution >= 0.6 is 0 Å². The van der Waals surface area contributed by atoms with E-state index < -0.39 is 0 Å². The number of carbonyl (C=O) groups is 1. The van der Waals surface area contributed by atoms with Gasteiger partial charge in [0.2, 0.25) is 5.89 Å². The number of aromatic nitrogens is 3. The lowest BCUT2D eigenvalue weighted by atomic mass is 10.0. The van der Waals surface area contributed by atoms with Gasteiger partial charge in [0, 0.05) is 32.5 Å². The minimum atomic E-state index is -0.0769. The van der Waals surface area contributed by atoms with Crippen LogP contribution in [0.2, 0.25) is 0 Å². The van der Waals surface area contributed by atoms with Gasteiger partial charge in [-0.2, -0.15) is 4.98 Å². The van der Waals surface area contributed by atoms with Crippen LogP contribution in [-0.2, 0) is 17.8 Å². The van der Waals surface area contributed by atoms with Gasteiger partial charge in [0.15, 0.2) is 11.5 Å². The highest BCUT2D eigenvalue weighted by atomic mass is 16.5. The molecule has 2 aromatic rings. The predicted molar refractivity (Wildman–Crippen MR) is 90.6 cm³/mol. The molecule has 140 valence electrons. The molecule has 1 unspecified atom stereocenters. The Hall–Kier alpha value is -2.22. The lowest BCUT2D eigenvalue weighted by Crippen LogP contribution is -2.30. The molecule has 1 atom stereocenters. The van der Waals surface area contributed by atoms with Crippen molar-refractivity contribution < 1.29 is 18.6 Å². The minimum absolute atomic E-state index is 0.0769. The van der Waals surface area contributed by atoms with Crippen LogP contribution in [0.15, 0.2) is 9.05 Å². The molecular weight excluding hydrogens is 336 g/mol. The summed E-state index contributed by atoms with van der Waals surface area (Å²) in [5.41, 5.74) is 1.11. The summed E-state index contributed by atoms with van der Waals surface area (Å²) in [7, 11) is 1.60. The lowest BCUT2D eigenvalue weighted by Gasteiger charge is -2.15. The zero-order chi connectivity index (χ0) is 18.1.